The molecule has 0 saturated carbocycles. The first-order valence-corrected chi connectivity index (χ1v) is 7.68. The average Bonchev–Trinajstić information content (AvgIpc) is 2.46. The first kappa shape index (κ1) is 18.1. The van der Waals surface area contributed by atoms with Crippen LogP contribution in [0.1, 0.15) is 60.0 Å². The lowest BCUT2D eigenvalue weighted by atomic mass is 10.1. The number of aliphatic carboxylic acids is 1. The molecule has 22 heavy (non-hydrogen) atoms. The average molecular weight is 309 g/mol. The van der Waals surface area contributed by atoms with Crippen molar-refractivity contribution >= 4 is 11.9 Å². The zero-order valence-corrected chi connectivity index (χ0v) is 13.2. The van der Waals surface area contributed by atoms with Crippen LogP contribution in [0.15, 0.2) is 12.1 Å². The number of nitrogens with one attached hydrogen (secondary N) is 1. The number of rotatable bonds is 9. The van der Waals surface area contributed by atoms with Crippen molar-refractivity contribution in [3.05, 3.63) is 34.6 Å². The Kier molecular flexibility index (Phi) is 7.57. The van der Waals surface area contributed by atoms with Crippen molar-refractivity contribution in [2.75, 3.05) is 6.54 Å². The summed E-state index contributed by atoms with van der Waals surface area (Å²) in [7, 11) is 0. The highest BCUT2D eigenvalue weighted by molar-refractivity contribution is 5.94. The minimum absolute atomic E-state index is 0.183. The molecule has 2 N–H and O–H groups in total. The second-order valence-electron chi connectivity index (χ2n) is 5.59. The third-order valence-electron chi connectivity index (χ3n) is 3.55. The molecule has 1 aromatic rings. The minimum Gasteiger partial charge on any atom is -0.481 e. The molecule has 0 heterocycles. The van der Waals surface area contributed by atoms with E-state index >= 15 is 0 Å². The zero-order valence-electron chi connectivity index (χ0n) is 13.2. The lowest BCUT2D eigenvalue weighted by molar-refractivity contribution is -0.137. The van der Waals surface area contributed by atoms with Crippen molar-refractivity contribution in [1.82, 2.24) is 5.32 Å². The Balaban J connectivity index is 2.22. The smallest absolute Gasteiger partial charge is 0.303 e. The highest BCUT2D eigenvalue weighted by atomic mass is 19.1. The Morgan fingerprint density at radius 3 is 2.18 bits per heavy atom. The number of halogens is 1. The van der Waals surface area contributed by atoms with Gasteiger partial charge in [-0.05, 0) is 49.9 Å². The summed E-state index contributed by atoms with van der Waals surface area (Å²) in [5.74, 6) is -1.20. The molecule has 0 unspecified atom stereocenters. The predicted molar refractivity (Wildman–Crippen MR) is 83.5 cm³/mol. The minimum atomic E-state index is -0.753. The SMILES string of the molecule is Cc1cc(C(=O)NCCCCCCCC(=O)O)cc(C)c1F. The molecule has 0 bridgehead atoms. The third-order valence-corrected chi connectivity index (χ3v) is 3.55. The molecule has 0 aromatic heterocycles. The number of carboxylic acids is 1. The lowest BCUT2D eigenvalue weighted by Crippen LogP contribution is -2.24. The number of amides is 1. The summed E-state index contributed by atoms with van der Waals surface area (Å²) < 4.78 is 13.5. The van der Waals surface area contributed by atoms with Gasteiger partial charge >= 0.3 is 5.97 Å². The van der Waals surface area contributed by atoms with Gasteiger partial charge < -0.3 is 10.4 Å². The molecule has 0 aliphatic carbocycles. The number of aryl methyl sites for hydroxylation is 2. The lowest BCUT2D eigenvalue weighted by Gasteiger charge is -2.08. The van der Waals surface area contributed by atoms with E-state index in [9.17, 15) is 14.0 Å². The van der Waals surface area contributed by atoms with Crippen LogP contribution in [0.5, 0.6) is 0 Å². The maximum absolute atomic E-state index is 13.5. The fourth-order valence-electron chi connectivity index (χ4n) is 2.31. The van der Waals surface area contributed by atoms with Crippen molar-refractivity contribution in [2.24, 2.45) is 0 Å². The highest BCUT2D eigenvalue weighted by Gasteiger charge is 2.10. The topological polar surface area (TPSA) is 66.4 Å². The molecule has 0 spiro atoms. The van der Waals surface area contributed by atoms with Crippen LogP contribution >= 0.6 is 0 Å². The van der Waals surface area contributed by atoms with Crippen molar-refractivity contribution < 1.29 is 19.1 Å². The van der Waals surface area contributed by atoms with E-state index in [2.05, 4.69) is 5.32 Å². The van der Waals surface area contributed by atoms with Gasteiger partial charge in [-0.1, -0.05) is 19.3 Å². The number of hydrogen-bond acceptors (Lipinski definition) is 2. The Morgan fingerprint density at radius 2 is 1.59 bits per heavy atom. The fourth-order valence-corrected chi connectivity index (χ4v) is 2.31. The molecule has 4 nitrogen and oxygen atoms in total. The number of carbonyl (C=O) groups is 2. The monoisotopic (exact) mass is 309 g/mol. The molecule has 0 fully saturated rings. The predicted octanol–water partition coefficient (Wildman–Crippen LogP) is 3.60. The molecular formula is C17H24FNO3. The van der Waals surface area contributed by atoms with E-state index in [0.717, 1.165) is 25.7 Å². The van der Waals surface area contributed by atoms with Crippen molar-refractivity contribution in [2.45, 2.75) is 52.4 Å². The van der Waals surface area contributed by atoms with Crippen molar-refractivity contribution in [1.29, 1.82) is 0 Å². The number of unbranched alkanes of at least 4 members (excludes halogenated alkanes) is 4. The molecule has 0 saturated heterocycles. The quantitative estimate of drug-likeness (QED) is 0.685. The third kappa shape index (κ3) is 6.24. The summed E-state index contributed by atoms with van der Waals surface area (Å²) in [4.78, 5) is 22.3. The largest absolute Gasteiger partial charge is 0.481 e. The number of hydrogen-bond donors (Lipinski definition) is 2. The molecule has 122 valence electrons. The summed E-state index contributed by atoms with van der Waals surface area (Å²) in [6, 6.07) is 3.12. The second-order valence-corrected chi connectivity index (χ2v) is 5.59. The van der Waals surface area contributed by atoms with Crippen LogP contribution < -0.4 is 5.32 Å². The molecular weight excluding hydrogens is 285 g/mol. The van der Waals surface area contributed by atoms with Crippen LogP contribution in [0.3, 0.4) is 0 Å². The van der Waals surface area contributed by atoms with Gasteiger partial charge in [0.25, 0.3) is 5.91 Å². The van der Waals surface area contributed by atoms with E-state index in [4.69, 9.17) is 5.11 Å². The fraction of sp³-hybridized carbons (Fsp3) is 0.529. The maximum atomic E-state index is 13.5. The van der Waals surface area contributed by atoms with E-state index in [0.29, 0.717) is 29.7 Å². The Morgan fingerprint density at radius 1 is 1.05 bits per heavy atom. The first-order valence-electron chi connectivity index (χ1n) is 7.68. The summed E-state index contributed by atoms with van der Waals surface area (Å²) in [5, 5.41) is 11.3. The Hall–Kier alpha value is -1.91. The summed E-state index contributed by atoms with van der Waals surface area (Å²) in [6.07, 6.45) is 4.61. The van der Waals surface area contributed by atoms with E-state index in [1.807, 2.05) is 0 Å². The van der Waals surface area contributed by atoms with Gasteiger partial charge in [0.1, 0.15) is 5.82 Å². The summed E-state index contributed by atoms with van der Waals surface area (Å²) >= 11 is 0. The van der Waals surface area contributed by atoms with Crippen LogP contribution in [0.2, 0.25) is 0 Å². The number of carboxylic acid groups (broad SMARTS) is 1. The van der Waals surface area contributed by atoms with Gasteiger partial charge in [0, 0.05) is 18.5 Å². The first-order chi connectivity index (χ1) is 10.4. The molecule has 1 rings (SSSR count). The van der Waals surface area contributed by atoms with Gasteiger partial charge in [0.15, 0.2) is 0 Å². The Labute approximate surface area is 130 Å². The standard InChI is InChI=1S/C17H24FNO3/c1-12-10-14(11-13(2)16(12)18)17(22)19-9-7-5-3-4-6-8-15(20)21/h10-11H,3-9H2,1-2H3,(H,19,22)(H,20,21). The highest BCUT2D eigenvalue weighted by Crippen LogP contribution is 2.14. The summed E-state index contributed by atoms with van der Waals surface area (Å²) in [6.45, 7) is 3.87. The van der Waals surface area contributed by atoms with Crippen LogP contribution in [0.25, 0.3) is 0 Å². The molecule has 0 aliphatic rings. The van der Waals surface area contributed by atoms with Crippen LogP contribution in [0, 0.1) is 19.7 Å². The number of benzene rings is 1. The molecule has 1 aromatic carbocycles. The molecule has 0 radical (unpaired) electrons. The maximum Gasteiger partial charge on any atom is 0.303 e. The van der Waals surface area contributed by atoms with Gasteiger partial charge in [-0.25, -0.2) is 4.39 Å². The van der Waals surface area contributed by atoms with Gasteiger partial charge in [-0.2, -0.15) is 0 Å². The molecule has 0 atom stereocenters. The Bertz CT molecular complexity index is 506. The van der Waals surface area contributed by atoms with E-state index in [-0.39, 0.29) is 18.1 Å². The van der Waals surface area contributed by atoms with E-state index in [1.165, 1.54) is 0 Å². The molecule has 0 aliphatic heterocycles. The van der Waals surface area contributed by atoms with Crippen LogP contribution in [-0.4, -0.2) is 23.5 Å². The van der Waals surface area contributed by atoms with E-state index < -0.39 is 5.97 Å². The van der Waals surface area contributed by atoms with Crippen molar-refractivity contribution in [3.63, 3.8) is 0 Å². The van der Waals surface area contributed by atoms with Gasteiger partial charge in [0.2, 0.25) is 0 Å². The normalized spacial score (nSPS) is 10.5. The van der Waals surface area contributed by atoms with E-state index in [1.54, 1.807) is 26.0 Å². The zero-order chi connectivity index (χ0) is 16.5. The summed E-state index contributed by atoms with van der Waals surface area (Å²) in [5.41, 5.74) is 1.44. The second kappa shape index (κ2) is 9.18. The number of carbonyl (C=O) groups excluding carboxylic acids is 1. The van der Waals surface area contributed by atoms with Gasteiger partial charge in [-0.3, -0.25) is 9.59 Å². The molecule has 1 amide bonds. The van der Waals surface area contributed by atoms with Crippen LogP contribution in [-0.2, 0) is 4.79 Å². The van der Waals surface area contributed by atoms with Crippen molar-refractivity contribution in [3.8, 4) is 0 Å². The van der Waals surface area contributed by atoms with Crippen LogP contribution in [0.4, 0.5) is 4.39 Å². The van der Waals surface area contributed by atoms with Gasteiger partial charge in [-0.15, -0.1) is 0 Å². The molecule has 5 heteroatoms. The van der Waals surface area contributed by atoms with Gasteiger partial charge in [0.05, 0.1) is 0 Å².